The van der Waals surface area contributed by atoms with E-state index < -0.39 is 9.84 Å². The lowest BCUT2D eigenvalue weighted by atomic mass is 10.2. The highest BCUT2D eigenvalue weighted by molar-refractivity contribution is 7.90. The fourth-order valence-corrected chi connectivity index (χ4v) is 2.78. The molecule has 0 saturated carbocycles. The van der Waals surface area contributed by atoms with Gasteiger partial charge in [0.15, 0.2) is 9.84 Å². The summed E-state index contributed by atoms with van der Waals surface area (Å²) in [5.74, 6) is 0.658. The third-order valence-electron chi connectivity index (χ3n) is 3.24. The number of sulfone groups is 1. The van der Waals surface area contributed by atoms with Gasteiger partial charge in [0.1, 0.15) is 5.82 Å². The van der Waals surface area contributed by atoms with E-state index in [2.05, 4.69) is 20.2 Å². The van der Waals surface area contributed by atoms with Crippen LogP contribution < -0.4 is 0 Å². The monoisotopic (exact) mass is 302 g/mol. The van der Waals surface area contributed by atoms with E-state index in [0.717, 1.165) is 17.0 Å². The van der Waals surface area contributed by atoms with Gasteiger partial charge in [0.2, 0.25) is 0 Å². The number of rotatable bonds is 2. The molecule has 0 unspecified atom stereocenters. The van der Waals surface area contributed by atoms with E-state index in [-0.39, 0.29) is 4.90 Å². The van der Waals surface area contributed by atoms with Gasteiger partial charge in [-0.25, -0.2) is 13.4 Å². The van der Waals surface area contributed by atoms with Gasteiger partial charge >= 0.3 is 0 Å². The summed E-state index contributed by atoms with van der Waals surface area (Å²) < 4.78 is 23.2. The van der Waals surface area contributed by atoms with Gasteiger partial charge in [-0.15, -0.1) is 0 Å². The molecule has 0 atom stereocenters. The minimum absolute atomic E-state index is 0.269. The molecule has 1 aromatic carbocycles. The van der Waals surface area contributed by atoms with E-state index in [0.29, 0.717) is 16.9 Å². The van der Waals surface area contributed by atoms with Crippen LogP contribution in [0, 0.1) is 13.8 Å². The van der Waals surface area contributed by atoms with E-state index in [4.69, 9.17) is 0 Å². The molecule has 7 heteroatoms. The smallest absolute Gasteiger partial charge is 0.175 e. The minimum atomic E-state index is -3.23. The Bertz CT molecular complexity index is 945. The van der Waals surface area contributed by atoms with Gasteiger partial charge in [-0.05, 0) is 38.1 Å². The molecule has 0 spiro atoms. The molecule has 3 rings (SSSR count). The highest BCUT2D eigenvalue weighted by Gasteiger charge is 2.13. The Morgan fingerprint density at radius 1 is 1.10 bits per heavy atom. The molecule has 6 nitrogen and oxygen atoms in total. The third kappa shape index (κ3) is 2.52. The van der Waals surface area contributed by atoms with Crippen LogP contribution in [0.1, 0.15) is 11.4 Å². The third-order valence-corrected chi connectivity index (χ3v) is 4.35. The predicted molar refractivity (Wildman–Crippen MR) is 79.7 cm³/mol. The lowest BCUT2D eigenvalue weighted by Gasteiger charge is -2.01. The van der Waals surface area contributed by atoms with Crippen molar-refractivity contribution in [2.75, 3.05) is 6.26 Å². The Hall–Kier alpha value is -2.28. The molecule has 2 aromatic heterocycles. The van der Waals surface area contributed by atoms with Gasteiger partial charge in [-0.1, -0.05) is 0 Å². The first kappa shape index (κ1) is 13.7. The molecule has 0 aliphatic heterocycles. The number of nitrogens with zero attached hydrogens (tertiary/aromatic N) is 3. The number of benzene rings is 1. The summed E-state index contributed by atoms with van der Waals surface area (Å²) in [7, 11) is -3.23. The maximum Gasteiger partial charge on any atom is 0.175 e. The number of aromatic amines is 1. The minimum Gasteiger partial charge on any atom is -0.338 e. The van der Waals surface area contributed by atoms with Gasteiger partial charge in [-0.3, -0.25) is 0 Å². The summed E-state index contributed by atoms with van der Waals surface area (Å²) >= 11 is 0. The topological polar surface area (TPSA) is 88.6 Å². The molecular weight excluding hydrogens is 288 g/mol. The van der Waals surface area contributed by atoms with Crippen molar-refractivity contribution >= 4 is 20.9 Å². The summed E-state index contributed by atoms with van der Waals surface area (Å²) in [4.78, 5) is 7.91. The van der Waals surface area contributed by atoms with E-state index >= 15 is 0 Å². The standard InChI is InChI=1S/C14H14N4O2S/c1-8-6-11(9(2)18-17-8)14-15-12-5-4-10(21(3,19)20)7-13(12)16-14/h4-7H,1-3H3,(H,15,16). The molecule has 21 heavy (non-hydrogen) atoms. The average molecular weight is 302 g/mol. The Morgan fingerprint density at radius 2 is 1.86 bits per heavy atom. The first-order chi connectivity index (χ1) is 9.84. The Labute approximate surface area is 122 Å². The molecule has 2 heterocycles. The maximum absolute atomic E-state index is 11.6. The lowest BCUT2D eigenvalue weighted by molar-refractivity contribution is 0.602. The lowest BCUT2D eigenvalue weighted by Crippen LogP contribution is -1.96. The van der Waals surface area contributed by atoms with E-state index in [1.54, 1.807) is 18.2 Å². The molecule has 0 radical (unpaired) electrons. The van der Waals surface area contributed by atoms with Crippen LogP contribution in [-0.2, 0) is 9.84 Å². The van der Waals surface area contributed by atoms with Gasteiger partial charge in [-0.2, -0.15) is 10.2 Å². The van der Waals surface area contributed by atoms with Crippen LogP contribution in [0.3, 0.4) is 0 Å². The first-order valence-corrected chi connectivity index (χ1v) is 8.25. The number of aromatic nitrogens is 4. The number of nitrogens with one attached hydrogen (secondary N) is 1. The van der Waals surface area contributed by atoms with Crippen LogP contribution in [0.25, 0.3) is 22.4 Å². The van der Waals surface area contributed by atoms with Crippen LogP contribution in [0.2, 0.25) is 0 Å². The maximum atomic E-state index is 11.6. The zero-order valence-corrected chi connectivity index (χ0v) is 12.7. The zero-order chi connectivity index (χ0) is 15.2. The van der Waals surface area contributed by atoms with Crippen LogP contribution in [0.15, 0.2) is 29.2 Å². The summed E-state index contributed by atoms with van der Waals surface area (Å²) in [6.45, 7) is 3.72. The van der Waals surface area contributed by atoms with Crippen LogP contribution >= 0.6 is 0 Å². The first-order valence-electron chi connectivity index (χ1n) is 6.36. The number of aryl methyl sites for hydroxylation is 2. The van der Waals surface area contributed by atoms with E-state index in [1.807, 2.05) is 19.9 Å². The van der Waals surface area contributed by atoms with Crippen molar-refractivity contribution in [1.82, 2.24) is 20.2 Å². The van der Waals surface area contributed by atoms with Crippen molar-refractivity contribution < 1.29 is 8.42 Å². The fourth-order valence-electron chi connectivity index (χ4n) is 2.14. The molecule has 3 aromatic rings. The van der Waals surface area contributed by atoms with Crippen molar-refractivity contribution in [1.29, 1.82) is 0 Å². The second-order valence-corrected chi connectivity index (χ2v) is 7.04. The summed E-state index contributed by atoms with van der Waals surface area (Å²) in [6, 6.07) is 6.75. The van der Waals surface area contributed by atoms with Gasteiger partial charge < -0.3 is 4.98 Å². The van der Waals surface area contributed by atoms with Gasteiger partial charge in [0.05, 0.1) is 27.3 Å². The number of H-pyrrole nitrogens is 1. The summed E-state index contributed by atoms with van der Waals surface area (Å²) in [5.41, 5.74) is 3.82. The van der Waals surface area contributed by atoms with Crippen molar-refractivity contribution in [3.05, 3.63) is 35.7 Å². The van der Waals surface area contributed by atoms with E-state index in [9.17, 15) is 8.42 Å². The SMILES string of the molecule is Cc1cc(-c2nc3ccc(S(C)(=O)=O)cc3[nH]2)c(C)nn1. The second kappa shape index (κ2) is 4.63. The molecule has 0 amide bonds. The van der Waals surface area contributed by atoms with E-state index in [1.165, 1.54) is 6.26 Å². The number of hydrogen-bond acceptors (Lipinski definition) is 5. The molecule has 0 fully saturated rings. The van der Waals surface area contributed by atoms with Crippen LogP contribution in [0.4, 0.5) is 0 Å². The van der Waals surface area contributed by atoms with Crippen molar-refractivity contribution in [3.8, 4) is 11.4 Å². The molecule has 0 bridgehead atoms. The number of imidazole rings is 1. The second-order valence-electron chi connectivity index (χ2n) is 5.02. The molecular formula is C14H14N4O2S. The molecule has 0 aliphatic carbocycles. The summed E-state index contributed by atoms with van der Waals surface area (Å²) in [6.07, 6.45) is 1.19. The highest BCUT2D eigenvalue weighted by Crippen LogP contribution is 2.24. The van der Waals surface area contributed by atoms with Crippen molar-refractivity contribution in [2.45, 2.75) is 18.7 Å². The number of hydrogen-bond donors (Lipinski definition) is 1. The van der Waals surface area contributed by atoms with Crippen molar-refractivity contribution in [2.24, 2.45) is 0 Å². The fraction of sp³-hybridized carbons (Fsp3) is 0.214. The molecule has 0 aliphatic rings. The number of fused-ring (bicyclic) bond motifs is 1. The predicted octanol–water partition coefficient (Wildman–Crippen LogP) is 2.04. The van der Waals surface area contributed by atoms with Crippen LogP contribution in [0.5, 0.6) is 0 Å². The molecule has 108 valence electrons. The van der Waals surface area contributed by atoms with Gasteiger partial charge in [0, 0.05) is 11.8 Å². The zero-order valence-electron chi connectivity index (χ0n) is 11.9. The Balaban J connectivity index is 2.20. The van der Waals surface area contributed by atoms with Crippen molar-refractivity contribution in [3.63, 3.8) is 0 Å². The molecule has 1 N–H and O–H groups in total. The normalized spacial score (nSPS) is 12.0. The largest absolute Gasteiger partial charge is 0.338 e. The average Bonchev–Trinajstić information content (AvgIpc) is 2.83. The highest BCUT2D eigenvalue weighted by atomic mass is 32.2. The van der Waals surface area contributed by atoms with Gasteiger partial charge in [0.25, 0.3) is 0 Å². The quantitative estimate of drug-likeness (QED) is 0.782. The molecule has 0 saturated heterocycles. The Morgan fingerprint density at radius 3 is 2.57 bits per heavy atom. The summed E-state index contributed by atoms with van der Waals surface area (Å²) in [5, 5.41) is 8.07. The Kier molecular flexibility index (Phi) is 3.02. The van der Waals surface area contributed by atoms with Crippen LogP contribution in [-0.4, -0.2) is 34.8 Å².